The Hall–Kier alpha value is -3.02. The molecule has 0 N–H and O–H groups in total. The smallest absolute Gasteiger partial charge is 0.261 e. The first-order valence-corrected chi connectivity index (χ1v) is 9.31. The summed E-state index contributed by atoms with van der Waals surface area (Å²) in [5.74, 6) is 0.0205. The highest BCUT2D eigenvalue weighted by atomic mass is 16.2. The van der Waals surface area contributed by atoms with Crippen molar-refractivity contribution < 1.29 is 14.4 Å². The van der Waals surface area contributed by atoms with Gasteiger partial charge in [0.05, 0.1) is 23.0 Å². The van der Waals surface area contributed by atoms with Crippen LogP contribution in [-0.4, -0.2) is 40.7 Å². The summed E-state index contributed by atoms with van der Waals surface area (Å²) in [5, 5.41) is 0. The number of benzene rings is 1. The van der Waals surface area contributed by atoms with E-state index >= 15 is 0 Å². The minimum atomic E-state index is -0.273. The molecular formula is C21H21N3O3. The number of anilines is 1. The summed E-state index contributed by atoms with van der Waals surface area (Å²) >= 11 is 0. The fourth-order valence-electron chi connectivity index (χ4n) is 3.39. The van der Waals surface area contributed by atoms with E-state index in [0.717, 1.165) is 18.5 Å². The highest BCUT2D eigenvalue weighted by Gasteiger charge is 2.35. The second-order valence-electron chi connectivity index (χ2n) is 7.07. The summed E-state index contributed by atoms with van der Waals surface area (Å²) in [6.07, 6.45) is 6.43. The summed E-state index contributed by atoms with van der Waals surface area (Å²) in [7, 11) is 0. The highest BCUT2D eigenvalue weighted by molar-refractivity contribution is 6.21. The second kappa shape index (κ2) is 7.31. The van der Waals surface area contributed by atoms with E-state index in [0.29, 0.717) is 30.0 Å². The van der Waals surface area contributed by atoms with Crippen molar-refractivity contribution >= 4 is 23.4 Å². The molecule has 1 aliphatic heterocycles. The van der Waals surface area contributed by atoms with Gasteiger partial charge >= 0.3 is 0 Å². The molecule has 0 atom stereocenters. The first-order chi connectivity index (χ1) is 13.1. The average Bonchev–Trinajstić information content (AvgIpc) is 3.49. The molecule has 0 bridgehead atoms. The first kappa shape index (κ1) is 17.4. The van der Waals surface area contributed by atoms with E-state index in [4.69, 9.17) is 0 Å². The Morgan fingerprint density at radius 1 is 1.07 bits per heavy atom. The van der Waals surface area contributed by atoms with Crippen LogP contribution in [0.2, 0.25) is 0 Å². The largest absolute Gasteiger partial charge is 0.311 e. The number of carbonyl (C=O) groups is 3. The molecule has 6 heteroatoms. The molecule has 1 aromatic carbocycles. The lowest BCUT2D eigenvalue weighted by molar-refractivity contribution is -0.118. The Balaban J connectivity index is 1.37. The summed E-state index contributed by atoms with van der Waals surface area (Å²) in [6, 6.07) is 10.5. The Morgan fingerprint density at radius 3 is 2.37 bits per heavy atom. The molecule has 1 fully saturated rings. The van der Waals surface area contributed by atoms with Crippen molar-refractivity contribution in [3.05, 3.63) is 59.9 Å². The summed E-state index contributed by atoms with van der Waals surface area (Å²) < 4.78 is 0. The third-order valence-corrected chi connectivity index (χ3v) is 5.05. The molecule has 3 amide bonds. The van der Waals surface area contributed by atoms with Crippen LogP contribution in [0.5, 0.6) is 0 Å². The number of nitrogens with zero attached hydrogens (tertiary/aromatic N) is 3. The lowest BCUT2D eigenvalue weighted by Gasteiger charge is -2.23. The van der Waals surface area contributed by atoms with E-state index in [2.05, 4.69) is 4.98 Å². The fourth-order valence-corrected chi connectivity index (χ4v) is 3.39. The number of aromatic nitrogens is 1. The van der Waals surface area contributed by atoms with Crippen LogP contribution in [0.1, 0.15) is 46.4 Å². The molecule has 0 radical (unpaired) electrons. The van der Waals surface area contributed by atoms with Crippen LogP contribution in [0.3, 0.4) is 0 Å². The van der Waals surface area contributed by atoms with Gasteiger partial charge in [-0.15, -0.1) is 0 Å². The lowest BCUT2D eigenvalue weighted by atomic mass is 10.1. The van der Waals surface area contributed by atoms with E-state index in [1.165, 1.54) is 4.90 Å². The van der Waals surface area contributed by atoms with Crippen LogP contribution in [0, 0.1) is 5.92 Å². The van der Waals surface area contributed by atoms with Crippen LogP contribution < -0.4 is 4.90 Å². The van der Waals surface area contributed by atoms with Gasteiger partial charge in [-0.3, -0.25) is 24.3 Å². The monoisotopic (exact) mass is 363 g/mol. The molecule has 4 rings (SSSR count). The normalized spacial score (nSPS) is 15.8. The fraction of sp³-hybridized carbons (Fsp3) is 0.333. The van der Waals surface area contributed by atoms with Gasteiger partial charge in [-0.2, -0.15) is 0 Å². The van der Waals surface area contributed by atoms with Gasteiger partial charge in [-0.25, -0.2) is 0 Å². The van der Waals surface area contributed by atoms with Gasteiger partial charge in [-0.1, -0.05) is 12.1 Å². The molecule has 6 nitrogen and oxygen atoms in total. The van der Waals surface area contributed by atoms with Gasteiger partial charge in [-0.05, 0) is 49.4 Å². The van der Waals surface area contributed by atoms with Crippen molar-refractivity contribution in [2.75, 3.05) is 18.0 Å². The molecule has 27 heavy (non-hydrogen) atoms. The predicted octanol–water partition coefficient (Wildman–Crippen LogP) is 2.90. The number of amides is 3. The van der Waals surface area contributed by atoms with Gasteiger partial charge in [0.1, 0.15) is 0 Å². The van der Waals surface area contributed by atoms with E-state index in [1.54, 1.807) is 41.6 Å². The Bertz CT molecular complexity index is 842. The van der Waals surface area contributed by atoms with Crippen LogP contribution in [-0.2, 0) is 4.79 Å². The molecule has 2 heterocycles. The third kappa shape index (κ3) is 3.60. The highest BCUT2D eigenvalue weighted by Crippen LogP contribution is 2.31. The maximum absolute atomic E-state index is 12.8. The first-order valence-electron chi connectivity index (χ1n) is 9.31. The SMILES string of the molecule is O=C1c2ccccc2C(=O)N1CCCC(=O)N(CC1CC1)c1cccnc1. The minimum Gasteiger partial charge on any atom is -0.311 e. The van der Waals surface area contributed by atoms with Gasteiger partial charge in [0.2, 0.25) is 5.91 Å². The molecule has 2 aliphatic rings. The van der Waals surface area contributed by atoms with Gasteiger partial charge in [0, 0.05) is 25.7 Å². The van der Waals surface area contributed by atoms with Gasteiger partial charge < -0.3 is 4.90 Å². The van der Waals surface area contributed by atoms with Crippen molar-refractivity contribution in [1.29, 1.82) is 0 Å². The molecule has 1 saturated carbocycles. The lowest BCUT2D eigenvalue weighted by Crippen LogP contribution is -2.35. The topological polar surface area (TPSA) is 70.6 Å². The number of carbonyl (C=O) groups excluding carboxylic acids is 3. The van der Waals surface area contributed by atoms with E-state index in [9.17, 15) is 14.4 Å². The maximum atomic E-state index is 12.8. The molecule has 1 aromatic heterocycles. The van der Waals surface area contributed by atoms with E-state index in [1.807, 2.05) is 12.1 Å². The number of hydrogen-bond donors (Lipinski definition) is 0. The van der Waals surface area contributed by atoms with Crippen molar-refractivity contribution in [2.24, 2.45) is 5.92 Å². The maximum Gasteiger partial charge on any atom is 0.261 e. The minimum absolute atomic E-state index is 0.00603. The zero-order valence-corrected chi connectivity index (χ0v) is 15.0. The predicted molar refractivity (Wildman–Crippen MR) is 100 cm³/mol. The van der Waals surface area contributed by atoms with Crippen LogP contribution >= 0.6 is 0 Å². The molecule has 0 saturated heterocycles. The summed E-state index contributed by atoms with van der Waals surface area (Å²) in [4.78, 5) is 44.7. The summed E-state index contributed by atoms with van der Waals surface area (Å²) in [6.45, 7) is 0.958. The van der Waals surface area contributed by atoms with E-state index in [-0.39, 0.29) is 30.7 Å². The Morgan fingerprint density at radius 2 is 1.78 bits per heavy atom. The number of fused-ring (bicyclic) bond motifs is 1. The standard InChI is InChI=1S/C21H21N3O3/c25-19(24(14-15-9-10-15)16-5-3-11-22-13-16)8-4-12-23-20(26)17-6-1-2-7-18(17)21(23)27/h1-3,5-7,11,13,15H,4,8-10,12,14H2. The number of hydrogen-bond acceptors (Lipinski definition) is 4. The molecule has 1 aliphatic carbocycles. The molecular weight excluding hydrogens is 342 g/mol. The summed E-state index contributed by atoms with van der Waals surface area (Å²) in [5.41, 5.74) is 1.69. The molecule has 2 aromatic rings. The van der Waals surface area contributed by atoms with E-state index < -0.39 is 0 Å². The molecule has 0 unspecified atom stereocenters. The third-order valence-electron chi connectivity index (χ3n) is 5.05. The van der Waals surface area contributed by atoms with Crippen molar-refractivity contribution in [3.8, 4) is 0 Å². The Labute approximate surface area is 157 Å². The van der Waals surface area contributed by atoms with Crippen LogP contribution in [0.15, 0.2) is 48.8 Å². The average molecular weight is 363 g/mol. The van der Waals surface area contributed by atoms with Crippen molar-refractivity contribution in [2.45, 2.75) is 25.7 Å². The second-order valence-corrected chi connectivity index (χ2v) is 7.07. The van der Waals surface area contributed by atoms with Gasteiger partial charge in [0.25, 0.3) is 11.8 Å². The quantitative estimate of drug-likeness (QED) is 0.709. The van der Waals surface area contributed by atoms with Crippen LogP contribution in [0.25, 0.3) is 0 Å². The number of pyridine rings is 1. The van der Waals surface area contributed by atoms with Gasteiger partial charge in [0.15, 0.2) is 0 Å². The zero-order chi connectivity index (χ0) is 18.8. The van der Waals surface area contributed by atoms with Crippen molar-refractivity contribution in [3.63, 3.8) is 0 Å². The zero-order valence-electron chi connectivity index (χ0n) is 15.0. The molecule has 138 valence electrons. The molecule has 0 spiro atoms. The Kier molecular flexibility index (Phi) is 4.71. The number of imide groups is 1. The van der Waals surface area contributed by atoms with Crippen molar-refractivity contribution in [1.82, 2.24) is 9.88 Å². The number of rotatable bonds is 7. The van der Waals surface area contributed by atoms with Crippen LogP contribution in [0.4, 0.5) is 5.69 Å².